The van der Waals surface area contributed by atoms with Gasteiger partial charge in [-0.25, -0.2) is 4.98 Å². The minimum Gasteiger partial charge on any atom is -0.334 e. The van der Waals surface area contributed by atoms with Crippen LogP contribution in [-0.4, -0.2) is 63.1 Å². The van der Waals surface area contributed by atoms with Gasteiger partial charge in [-0.1, -0.05) is 0 Å². The van der Waals surface area contributed by atoms with Crippen LogP contribution in [0, 0.1) is 0 Å². The van der Waals surface area contributed by atoms with E-state index in [0.717, 1.165) is 19.5 Å². The van der Waals surface area contributed by atoms with Crippen LogP contribution in [-0.2, 0) is 0 Å². The number of carbonyl (C=O) groups is 1. The van der Waals surface area contributed by atoms with Crippen molar-refractivity contribution in [1.82, 2.24) is 25.0 Å². The number of aromatic amines is 1. The summed E-state index contributed by atoms with van der Waals surface area (Å²) in [5, 5.41) is 6.37. The van der Waals surface area contributed by atoms with Crippen molar-refractivity contribution in [2.75, 3.05) is 20.1 Å². The highest BCUT2D eigenvalue weighted by atomic mass is 16.2. The first-order chi connectivity index (χ1) is 8.25. The topological polar surface area (TPSA) is 65.1 Å². The van der Waals surface area contributed by atoms with Crippen molar-refractivity contribution in [2.24, 2.45) is 0 Å². The lowest BCUT2D eigenvalue weighted by molar-refractivity contribution is 0.0728. The fourth-order valence-electron chi connectivity index (χ4n) is 2.95. The molecule has 3 rings (SSSR count). The largest absolute Gasteiger partial charge is 0.334 e. The van der Waals surface area contributed by atoms with Crippen LogP contribution in [0.4, 0.5) is 0 Å². The zero-order valence-electron chi connectivity index (χ0n) is 9.96. The van der Waals surface area contributed by atoms with Gasteiger partial charge in [-0.2, -0.15) is 5.10 Å². The minimum atomic E-state index is -0.0246. The highest BCUT2D eigenvalue weighted by molar-refractivity contribution is 5.90. The normalized spacial score (nSPS) is 29.4. The number of H-pyrrole nitrogens is 1. The lowest BCUT2D eigenvalue weighted by atomic mass is 10.1. The molecule has 2 aliphatic rings. The van der Waals surface area contributed by atoms with Gasteiger partial charge in [0.05, 0.1) is 0 Å². The summed E-state index contributed by atoms with van der Waals surface area (Å²) in [5.41, 5.74) is 0. The van der Waals surface area contributed by atoms with Gasteiger partial charge in [0.2, 0.25) is 5.82 Å². The third kappa shape index (κ3) is 1.82. The smallest absolute Gasteiger partial charge is 0.291 e. The lowest BCUT2D eigenvalue weighted by Gasteiger charge is -2.24. The van der Waals surface area contributed by atoms with E-state index in [1.165, 1.54) is 19.2 Å². The summed E-state index contributed by atoms with van der Waals surface area (Å²) in [6, 6.07) is 1.15. The molecule has 0 spiro atoms. The van der Waals surface area contributed by atoms with Crippen LogP contribution < -0.4 is 0 Å². The minimum absolute atomic E-state index is 0.0246. The molecular weight excluding hydrogens is 218 g/mol. The number of fused-ring (bicyclic) bond motifs is 2. The maximum absolute atomic E-state index is 12.2. The molecule has 2 bridgehead atoms. The van der Waals surface area contributed by atoms with Gasteiger partial charge in [0.1, 0.15) is 6.33 Å². The Balaban J connectivity index is 1.75. The van der Waals surface area contributed by atoms with Gasteiger partial charge in [0, 0.05) is 25.2 Å². The Labute approximate surface area is 100 Å². The van der Waals surface area contributed by atoms with Crippen molar-refractivity contribution >= 4 is 5.91 Å². The van der Waals surface area contributed by atoms with Crippen molar-refractivity contribution < 1.29 is 4.79 Å². The molecule has 0 saturated carbocycles. The second-order valence-corrected chi connectivity index (χ2v) is 4.92. The van der Waals surface area contributed by atoms with Crippen LogP contribution in [0.15, 0.2) is 6.33 Å². The first-order valence-electron chi connectivity index (χ1n) is 6.12. The molecule has 1 N–H and O–H groups in total. The Kier molecular flexibility index (Phi) is 2.58. The van der Waals surface area contributed by atoms with Crippen LogP contribution in [0.3, 0.4) is 0 Å². The monoisotopic (exact) mass is 235 g/mol. The molecule has 2 saturated heterocycles. The second kappa shape index (κ2) is 4.10. The predicted octanol–water partition coefficient (Wildman–Crippen LogP) is 0.113. The standard InChI is InChI=1S/C11H17N5O/c1-15-8-2-3-9(15)6-16(5-4-8)11(17)10-12-7-13-14-10/h7-9H,2-6H2,1H3,(H,12,13,14). The summed E-state index contributed by atoms with van der Waals surface area (Å²) >= 11 is 0. The number of nitrogens with zero attached hydrogens (tertiary/aromatic N) is 4. The fourth-order valence-corrected chi connectivity index (χ4v) is 2.95. The number of likely N-dealkylation sites (tertiary alicyclic amines) is 1. The van der Waals surface area contributed by atoms with E-state index in [1.54, 1.807) is 0 Å². The maximum atomic E-state index is 12.2. The number of aromatic nitrogens is 3. The Morgan fingerprint density at radius 1 is 1.41 bits per heavy atom. The van der Waals surface area contributed by atoms with Crippen LogP contribution in [0.25, 0.3) is 0 Å². The predicted molar refractivity (Wildman–Crippen MR) is 61.5 cm³/mol. The van der Waals surface area contributed by atoms with Crippen LogP contribution in [0.2, 0.25) is 0 Å². The van der Waals surface area contributed by atoms with E-state index in [0.29, 0.717) is 17.9 Å². The SMILES string of the molecule is CN1C2CCC1CN(C(=O)c1ncn[nH]1)CC2. The van der Waals surface area contributed by atoms with Gasteiger partial charge in [0.25, 0.3) is 5.91 Å². The van der Waals surface area contributed by atoms with Crippen LogP contribution >= 0.6 is 0 Å². The Bertz CT molecular complexity index is 404. The van der Waals surface area contributed by atoms with Gasteiger partial charge >= 0.3 is 0 Å². The number of likely N-dealkylation sites (N-methyl/N-ethyl adjacent to an activating group) is 1. The number of carbonyl (C=O) groups excluding carboxylic acids is 1. The van der Waals surface area contributed by atoms with E-state index in [9.17, 15) is 4.79 Å². The second-order valence-electron chi connectivity index (χ2n) is 4.92. The fraction of sp³-hybridized carbons (Fsp3) is 0.727. The molecule has 2 unspecified atom stereocenters. The van der Waals surface area contributed by atoms with Crippen molar-refractivity contribution in [1.29, 1.82) is 0 Å². The van der Waals surface area contributed by atoms with E-state index in [2.05, 4.69) is 27.1 Å². The van der Waals surface area contributed by atoms with E-state index in [1.807, 2.05) is 4.90 Å². The molecule has 3 heterocycles. The number of hydrogen-bond donors (Lipinski definition) is 1. The molecule has 1 aromatic heterocycles. The molecule has 2 aliphatic heterocycles. The van der Waals surface area contributed by atoms with Crippen molar-refractivity contribution in [2.45, 2.75) is 31.3 Å². The summed E-state index contributed by atoms with van der Waals surface area (Å²) in [6.45, 7) is 1.64. The number of nitrogens with one attached hydrogen (secondary N) is 1. The highest BCUT2D eigenvalue weighted by Crippen LogP contribution is 2.28. The van der Waals surface area contributed by atoms with E-state index in [4.69, 9.17) is 0 Å². The highest BCUT2D eigenvalue weighted by Gasteiger charge is 2.36. The molecule has 2 atom stereocenters. The van der Waals surface area contributed by atoms with E-state index >= 15 is 0 Å². The van der Waals surface area contributed by atoms with Crippen LogP contribution in [0.5, 0.6) is 0 Å². The molecule has 6 nitrogen and oxygen atoms in total. The van der Waals surface area contributed by atoms with Gasteiger partial charge in [-0.05, 0) is 26.3 Å². The molecule has 1 aromatic rings. The maximum Gasteiger partial charge on any atom is 0.291 e. The summed E-state index contributed by atoms with van der Waals surface area (Å²) in [4.78, 5) is 20.4. The molecule has 0 aromatic carbocycles. The van der Waals surface area contributed by atoms with Crippen molar-refractivity contribution in [3.8, 4) is 0 Å². The van der Waals surface area contributed by atoms with Crippen LogP contribution in [0.1, 0.15) is 29.9 Å². The summed E-state index contributed by atoms with van der Waals surface area (Å²) in [7, 11) is 2.17. The third-order valence-electron chi connectivity index (χ3n) is 4.05. The molecule has 0 radical (unpaired) electrons. The average molecular weight is 235 g/mol. The summed E-state index contributed by atoms with van der Waals surface area (Å²) < 4.78 is 0. The number of rotatable bonds is 1. The molecule has 1 amide bonds. The Morgan fingerprint density at radius 3 is 3.00 bits per heavy atom. The molecule has 6 heteroatoms. The molecule has 92 valence electrons. The van der Waals surface area contributed by atoms with E-state index in [-0.39, 0.29) is 5.91 Å². The van der Waals surface area contributed by atoms with Gasteiger partial charge in [-0.3, -0.25) is 14.8 Å². The zero-order chi connectivity index (χ0) is 11.8. The van der Waals surface area contributed by atoms with Crippen molar-refractivity contribution in [3.05, 3.63) is 12.2 Å². The molecule has 2 fully saturated rings. The van der Waals surface area contributed by atoms with Crippen molar-refractivity contribution in [3.63, 3.8) is 0 Å². The molecular formula is C11H17N5O. The van der Waals surface area contributed by atoms with E-state index < -0.39 is 0 Å². The summed E-state index contributed by atoms with van der Waals surface area (Å²) in [5.74, 6) is 0.328. The quantitative estimate of drug-likeness (QED) is 0.750. The first-order valence-corrected chi connectivity index (χ1v) is 6.12. The third-order valence-corrected chi connectivity index (χ3v) is 4.05. The number of hydrogen-bond acceptors (Lipinski definition) is 4. The lowest BCUT2D eigenvalue weighted by Crippen LogP contribution is -2.40. The Morgan fingerprint density at radius 2 is 2.24 bits per heavy atom. The van der Waals surface area contributed by atoms with Gasteiger partial charge in [0.15, 0.2) is 0 Å². The number of amides is 1. The van der Waals surface area contributed by atoms with Gasteiger partial charge < -0.3 is 4.90 Å². The van der Waals surface area contributed by atoms with Gasteiger partial charge in [-0.15, -0.1) is 0 Å². The summed E-state index contributed by atoms with van der Waals surface area (Å²) in [6.07, 6.45) is 4.91. The first kappa shape index (κ1) is 10.7. The molecule has 17 heavy (non-hydrogen) atoms. The molecule has 0 aliphatic carbocycles. The Hall–Kier alpha value is -1.43. The zero-order valence-corrected chi connectivity index (χ0v) is 9.96. The average Bonchev–Trinajstić information content (AvgIpc) is 2.88.